The molecule has 0 aliphatic carbocycles. The molecule has 0 radical (unpaired) electrons. The van der Waals surface area contributed by atoms with E-state index in [0.29, 0.717) is 6.04 Å². The van der Waals surface area contributed by atoms with Crippen molar-refractivity contribution in [2.45, 2.75) is 25.3 Å². The summed E-state index contributed by atoms with van der Waals surface area (Å²) in [7, 11) is 0. The molecule has 2 heterocycles. The largest absolute Gasteiger partial charge is 0.381 e. The average molecular weight is 180 g/mol. The molecule has 0 aromatic carbocycles. The van der Waals surface area contributed by atoms with Crippen molar-refractivity contribution in [3.05, 3.63) is 24.5 Å². The molecule has 3 heteroatoms. The van der Waals surface area contributed by atoms with Gasteiger partial charge in [-0.05, 0) is 31.4 Å². The van der Waals surface area contributed by atoms with Gasteiger partial charge in [-0.15, -0.1) is 0 Å². The van der Waals surface area contributed by atoms with Crippen molar-refractivity contribution in [2.75, 3.05) is 18.6 Å². The zero-order valence-corrected chi connectivity index (χ0v) is 7.78. The van der Waals surface area contributed by atoms with Crippen LogP contribution in [0, 0.1) is 0 Å². The first-order valence-corrected chi connectivity index (χ1v) is 4.92. The molecule has 1 aliphatic heterocycles. The van der Waals surface area contributed by atoms with Gasteiger partial charge in [0.15, 0.2) is 0 Å². The van der Waals surface area contributed by atoms with E-state index in [1.54, 1.807) is 0 Å². The second-order valence-electron chi connectivity index (χ2n) is 3.46. The third-order valence-corrected chi connectivity index (χ3v) is 2.39. The van der Waals surface area contributed by atoms with Crippen LogP contribution in [-0.4, -0.2) is 23.9 Å². The van der Waals surface area contributed by atoms with Gasteiger partial charge in [-0.1, -0.05) is 0 Å². The Morgan fingerprint density at radius 2 is 2.00 bits per heavy atom. The fourth-order valence-corrected chi connectivity index (χ4v) is 1.66. The highest BCUT2D eigenvalue weighted by Crippen LogP contribution is 2.09. The number of aromatic nitrogens is 1. The second kappa shape index (κ2) is 4.33. The van der Waals surface area contributed by atoms with Gasteiger partial charge >= 0.3 is 0 Å². The lowest BCUT2D eigenvalue weighted by Gasteiger charge is -2.17. The molecule has 1 saturated heterocycles. The Morgan fingerprint density at radius 3 is 2.85 bits per heavy atom. The van der Waals surface area contributed by atoms with Crippen LogP contribution in [0.25, 0.3) is 0 Å². The van der Waals surface area contributed by atoms with Gasteiger partial charge in [0.25, 0.3) is 0 Å². The maximum atomic E-state index is 5.39. The molecule has 1 unspecified atom stereocenters. The molecule has 3 nitrogen and oxygen atoms in total. The third-order valence-electron chi connectivity index (χ3n) is 2.39. The summed E-state index contributed by atoms with van der Waals surface area (Å²) in [6.45, 7) is 1.81. The minimum absolute atomic E-state index is 0.565. The molecule has 0 amide bonds. The van der Waals surface area contributed by atoms with Crippen LogP contribution >= 0.6 is 0 Å². The van der Waals surface area contributed by atoms with Crippen LogP contribution < -0.4 is 5.43 Å². The van der Waals surface area contributed by atoms with E-state index in [-0.39, 0.29) is 0 Å². The normalized spacial score (nSPS) is 23.8. The molecule has 1 N–H and O–H groups in total. The number of rotatable bonds is 2. The molecular formula is C10H16N2O. The van der Waals surface area contributed by atoms with E-state index >= 15 is 0 Å². The van der Waals surface area contributed by atoms with Crippen LogP contribution in [0.4, 0.5) is 0 Å². The monoisotopic (exact) mass is 180 g/mol. The molecule has 0 saturated carbocycles. The fourth-order valence-electron chi connectivity index (χ4n) is 1.66. The summed E-state index contributed by atoms with van der Waals surface area (Å²) in [5.41, 5.74) is 3.44. The van der Waals surface area contributed by atoms with Gasteiger partial charge in [0, 0.05) is 31.6 Å². The maximum Gasteiger partial charge on any atom is 0.0486 e. The van der Waals surface area contributed by atoms with Crippen molar-refractivity contribution < 1.29 is 4.74 Å². The van der Waals surface area contributed by atoms with E-state index < -0.39 is 0 Å². The Morgan fingerprint density at radius 1 is 1.15 bits per heavy atom. The maximum absolute atomic E-state index is 5.39. The zero-order chi connectivity index (χ0) is 8.93. The second-order valence-corrected chi connectivity index (χ2v) is 3.46. The first-order chi connectivity index (χ1) is 6.45. The van der Waals surface area contributed by atoms with Crippen LogP contribution in [0.2, 0.25) is 0 Å². The molecule has 1 aromatic heterocycles. The number of hydrogen-bond acceptors (Lipinski definition) is 2. The minimum atomic E-state index is 0.565. The summed E-state index contributed by atoms with van der Waals surface area (Å²) in [6, 6.07) is 4.62. The van der Waals surface area contributed by atoms with Crippen LogP contribution in [0.15, 0.2) is 24.5 Å². The van der Waals surface area contributed by atoms with Gasteiger partial charge in [-0.3, -0.25) is 4.68 Å². The van der Waals surface area contributed by atoms with E-state index in [9.17, 15) is 0 Å². The number of nitrogens with one attached hydrogen (secondary N) is 1. The lowest BCUT2D eigenvalue weighted by molar-refractivity contribution is 0.143. The summed E-state index contributed by atoms with van der Waals surface area (Å²) in [6.07, 6.45) is 7.55. The van der Waals surface area contributed by atoms with E-state index in [0.717, 1.165) is 19.6 Å². The Bertz CT molecular complexity index is 225. The zero-order valence-electron chi connectivity index (χ0n) is 7.78. The summed E-state index contributed by atoms with van der Waals surface area (Å²) < 4.78 is 7.42. The Kier molecular flexibility index (Phi) is 2.87. The predicted molar refractivity (Wildman–Crippen MR) is 52.3 cm³/mol. The van der Waals surface area contributed by atoms with Crippen molar-refractivity contribution in [3.8, 4) is 0 Å². The molecule has 0 spiro atoms. The van der Waals surface area contributed by atoms with Crippen LogP contribution in [-0.2, 0) is 4.74 Å². The number of hydrogen-bond donors (Lipinski definition) is 1. The Hall–Kier alpha value is -0.960. The summed E-state index contributed by atoms with van der Waals surface area (Å²) >= 11 is 0. The summed E-state index contributed by atoms with van der Waals surface area (Å²) in [5.74, 6) is 0. The smallest absolute Gasteiger partial charge is 0.0486 e. The molecular weight excluding hydrogens is 164 g/mol. The molecule has 1 aromatic rings. The molecule has 2 rings (SSSR count). The van der Waals surface area contributed by atoms with Gasteiger partial charge in [0.1, 0.15) is 0 Å². The fraction of sp³-hybridized carbons (Fsp3) is 0.600. The summed E-state index contributed by atoms with van der Waals surface area (Å²) in [4.78, 5) is 0. The lowest BCUT2D eigenvalue weighted by Crippen LogP contribution is -2.27. The van der Waals surface area contributed by atoms with Crippen molar-refractivity contribution in [3.63, 3.8) is 0 Å². The third kappa shape index (κ3) is 2.49. The highest BCUT2D eigenvalue weighted by Gasteiger charge is 2.11. The average Bonchev–Trinajstić information content (AvgIpc) is 2.49. The van der Waals surface area contributed by atoms with Crippen molar-refractivity contribution >= 4 is 0 Å². The Balaban J connectivity index is 1.86. The van der Waals surface area contributed by atoms with Gasteiger partial charge in [-0.2, -0.15) is 0 Å². The first-order valence-electron chi connectivity index (χ1n) is 4.92. The van der Waals surface area contributed by atoms with Gasteiger partial charge < -0.3 is 10.2 Å². The standard InChI is InChI=1S/C10H16N2O/c1-2-7-12(6-1)11-10-4-3-8-13-9-5-10/h1-2,6-7,10-11H,3-5,8-9H2. The molecule has 1 fully saturated rings. The van der Waals surface area contributed by atoms with Gasteiger partial charge in [0.2, 0.25) is 0 Å². The lowest BCUT2D eigenvalue weighted by atomic mass is 10.1. The van der Waals surface area contributed by atoms with Gasteiger partial charge in [-0.25, -0.2) is 0 Å². The SMILES string of the molecule is c1ccn(NC2CCCOCC2)c1. The van der Waals surface area contributed by atoms with Crippen molar-refractivity contribution in [1.29, 1.82) is 0 Å². The van der Waals surface area contributed by atoms with E-state index in [1.165, 1.54) is 12.8 Å². The highest BCUT2D eigenvalue weighted by molar-refractivity contribution is 4.95. The predicted octanol–water partition coefficient (Wildman–Crippen LogP) is 1.60. The molecule has 72 valence electrons. The van der Waals surface area contributed by atoms with Gasteiger partial charge in [0.05, 0.1) is 0 Å². The van der Waals surface area contributed by atoms with Crippen LogP contribution in [0.3, 0.4) is 0 Å². The Labute approximate surface area is 78.7 Å². The number of nitrogens with zero attached hydrogens (tertiary/aromatic N) is 1. The molecule has 13 heavy (non-hydrogen) atoms. The quantitative estimate of drug-likeness (QED) is 0.748. The van der Waals surface area contributed by atoms with E-state index in [1.807, 2.05) is 29.2 Å². The molecule has 0 bridgehead atoms. The first kappa shape index (κ1) is 8.63. The topological polar surface area (TPSA) is 26.2 Å². The molecule has 1 aliphatic rings. The minimum Gasteiger partial charge on any atom is -0.381 e. The van der Waals surface area contributed by atoms with Crippen molar-refractivity contribution in [1.82, 2.24) is 4.68 Å². The summed E-state index contributed by atoms with van der Waals surface area (Å²) in [5, 5.41) is 0. The van der Waals surface area contributed by atoms with Crippen LogP contribution in [0.1, 0.15) is 19.3 Å². The molecule has 1 atom stereocenters. The van der Waals surface area contributed by atoms with E-state index in [2.05, 4.69) is 5.43 Å². The highest BCUT2D eigenvalue weighted by atomic mass is 16.5. The van der Waals surface area contributed by atoms with Crippen LogP contribution in [0.5, 0.6) is 0 Å². The van der Waals surface area contributed by atoms with Crippen molar-refractivity contribution in [2.24, 2.45) is 0 Å². The van der Waals surface area contributed by atoms with E-state index in [4.69, 9.17) is 4.74 Å². The number of ether oxygens (including phenoxy) is 1.